The van der Waals surface area contributed by atoms with Crippen molar-refractivity contribution in [1.82, 2.24) is 9.97 Å². The number of carboxylic acids is 1. The van der Waals surface area contributed by atoms with Crippen LogP contribution in [-0.2, 0) is 0 Å². The molecule has 0 spiro atoms. The second-order valence-corrected chi connectivity index (χ2v) is 5.27. The number of nitrogens with one attached hydrogen (secondary N) is 1. The van der Waals surface area contributed by atoms with Gasteiger partial charge < -0.3 is 10.4 Å². The molecule has 1 heterocycles. The van der Waals surface area contributed by atoms with Crippen LogP contribution in [0.3, 0.4) is 0 Å². The molecular weight excluding hydrogens is 254 g/mol. The topological polar surface area (TPSA) is 75.1 Å². The molecule has 0 atom stereocenters. The molecule has 2 N–H and O–H groups in total. The highest BCUT2D eigenvalue weighted by Crippen LogP contribution is 2.29. The summed E-state index contributed by atoms with van der Waals surface area (Å²) in [5.41, 5.74) is 0.905. The second kappa shape index (κ2) is 5.45. The van der Waals surface area contributed by atoms with Gasteiger partial charge >= 0.3 is 5.97 Å². The third-order valence-corrected chi connectivity index (χ3v) is 3.95. The Morgan fingerprint density at radius 2 is 2.20 bits per heavy atom. The van der Waals surface area contributed by atoms with E-state index in [1.807, 2.05) is 0 Å². The summed E-state index contributed by atoms with van der Waals surface area (Å²) in [6.07, 6.45) is 6.68. The number of anilines is 1. The molecule has 104 valence electrons. The number of benzene rings is 1. The lowest BCUT2D eigenvalue weighted by atomic mass is 9.83. The molecule has 1 saturated carbocycles. The summed E-state index contributed by atoms with van der Waals surface area (Å²) in [6, 6.07) is 4.94. The maximum Gasteiger partial charge on any atom is 0.335 e. The van der Waals surface area contributed by atoms with Crippen LogP contribution < -0.4 is 5.32 Å². The fourth-order valence-electron chi connectivity index (χ4n) is 2.51. The van der Waals surface area contributed by atoms with Crippen LogP contribution in [0.4, 0.5) is 5.82 Å². The fourth-order valence-corrected chi connectivity index (χ4v) is 2.51. The number of hydrogen-bond donors (Lipinski definition) is 2. The Morgan fingerprint density at radius 3 is 2.90 bits per heavy atom. The van der Waals surface area contributed by atoms with E-state index in [4.69, 9.17) is 5.11 Å². The van der Waals surface area contributed by atoms with Gasteiger partial charge in [-0.2, -0.15) is 0 Å². The summed E-state index contributed by atoms with van der Waals surface area (Å²) < 4.78 is 0. The minimum Gasteiger partial charge on any atom is -0.478 e. The Kier molecular flexibility index (Phi) is 3.50. The lowest BCUT2D eigenvalue weighted by Gasteiger charge is -2.25. The van der Waals surface area contributed by atoms with Crippen LogP contribution in [0, 0.1) is 5.92 Å². The monoisotopic (exact) mass is 271 g/mol. The molecular formula is C15H17N3O2. The van der Waals surface area contributed by atoms with E-state index >= 15 is 0 Å². The van der Waals surface area contributed by atoms with Gasteiger partial charge in [0, 0.05) is 11.9 Å². The number of fused-ring (bicyclic) bond motifs is 1. The minimum atomic E-state index is -0.940. The first kappa shape index (κ1) is 12.8. The fraction of sp³-hybridized carbons (Fsp3) is 0.400. The number of carbonyl (C=O) groups is 1. The average molecular weight is 271 g/mol. The normalized spacial score (nSPS) is 15.0. The highest BCUT2D eigenvalue weighted by atomic mass is 16.4. The smallest absolute Gasteiger partial charge is 0.335 e. The molecule has 1 fully saturated rings. The van der Waals surface area contributed by atoms with Gasteiger partial charge in [-0.3, -0.25) is 0 Å². The van der Waals surface area contributed by atoms with Gasteiger partial charge in [0.2, 0.25) is 0 Å². The van der Waals surface area contributed by atoms with Crippen molar-refractivity contribution in [3.63, 3.8) is 0 Å². The van der Waals surface area contributed by atoms with Crippen LogP contribution in [0.1, 0.15) is 36.0 Å². The largest absolute Gasteiger partial charge is 0.478 e. The van der Waals surface area contributed by atoms with E-state index in [1.165, 1.54) is 32.0 Å². The van der Waals surface area contributed by atoms with Crippen LogP contribution in [-0.4, -0.2) is 27.6 Å². The van der Waals surface area contributed by atoms with Gasteiger partial charge in [-0.1, -0.05) is 19.3 Å². The van der Waals surface area contributed by atoms with Crippen molar-refractivity contribution < 1.29 is 9.90 Å². The number of carboxylic acid groups (broad SMARTS) is 1. The molecule has 3 rings (SSSR count). The average Bonchev–Trinajstić information content (AvgIpc) is 2.41. The standard InChI is InChI=1S/C15H17N3O2/c19-15(20)11-4-5-12-13(8-11)17-9-18-14(12)16-7-6-10-2-1-3-10/h4-5,8-10H,1-3,6-7H2,(H,19,20)(H,16,17,18). The maximum absolute atomic E-state index is 11.0. The number of nitrogens with zero attached hydrogens (tertiary/aromatic N) is 2. The highest BCUT2D eigenvalue weighted by Gasteiger charge is 2.16. The molecule has 2 aromatic rings. The van der Waals surface area contributed by atoms with Crippen molar-refractivity contribution in [2.45, 2.75) is 25.7 Å². The quantitative estimate of drug-likeness (QED) is 0.874. The predicted molar refractivity (Wildman–Crippen MR) is 76.9 cm³/mol. The van der Waals surface area contributed by atoms with Crippen molar-refractivity contribution in [3.05, 3.63) is 30.1 Å². The molecule has 20 heavy (non-hydrogen) atoms. The van der Waals surface area contributed by atoms with Gasteiger partial charge in [0.25, 0.3) is 0 Å². The maximum atomic E-state index is 11.0. The van der Waals surface area contributed by atoms with Crippen LogP contribution in [0.15, 0.2) is 24.5 Å². The SMILES string of the molecule is O=C(O)c1ccc2c(NCCC3CCC3)ncnc2c1. The summed E-state index contributed by atoms with van der Waals surface area (Å²) in [6.45, 7) is 0.900. The lowest BCUT2D eigenvalue weighted by Crippen LogP contribution is -2.16. The molecule has 0 radical (unpaired) electrons. The Bertz CT molecular complexity index is 638. The van der Waals surface area contributed by atoms with Crippen molar-refractivity contribution in [1.29, 1.82) is 0 Å². The van der Waals surface area contributed by atoms with Gasteiger partial charge in [0.15, 0.2) is 0 Å². The van der Waals surface area contributed by atoms with Crippen molar-refractivity contribution in [3.8, 4) is 0 Å². The van der Waals surface area contributed by atoms with Gasteiger partial charge in [-0.05, 0) is 30.5 Å². The molecule has 0 bridgehead atoms. The van der Waals surface area contributed by atoms with E-state index in [0.29, 0.717) is 5.52 Å². The summed E-state index contributed by atoms with van der Waals surface area (Å²) in [5.74, 6) is 0.700. The van der Waals surface area contributed by atoms with Crippen molar-refractivity contribution in [2.24, 2.45) is 5.92 Å². The molecule has 0 unspecified atom stereocenters. The Balaban J connectivity index is 1.77. The molecule has 0 amide bonds. The molecule has 1 aromatic heterocycles. The molecule has 1 aliphatic rings. The lowest BCUT2D eigenvalue weighted by molar-refractivity contribution is 0.0697. The molecule has 0 aliphatic heterocycles. The third-order valence-electron chi connectivity index (χ3n) is 3.95. The first-order valence-electron chi connectivity index (χ1n) is 6.96. The van der Waals surface area contributed by atoms with E-state index in [9.17, 15) is 4.79 Å². The van der Waals surface area contributed by atoms with Crippen LogP contribution in [0.5, 0.6) is 0 Å². The van der Waals surface area contributed by atoms with Gasteiger partial charge in [-0.15, -0.1) is 0 Å². The minimum absolute atomic E-state index is 0.247. The summed E-state index contributed by atoms with van der Waals surface area (Å²) in [5, 5.41) is 13.2. The van der Waals surface area contributed by atoms with Crippen molar-refractivity contribution in [2.75, 3.05) is 11.9 Å². The summed E-state index contributed by atoms with van der Waals surface area (Å²) in [7, 11) is 0. The summed E-state index contributed by atoms with van der Waals surface area (Å²) in [4.78, 5) is 19.4. The highest BCUT2D eigenvalue weighted by molar-refractivity contribution is 5.96. The first-order chi connectivity index (χ1) is 9.74. The van der Waals surface area contributed by atoms with Crippen LogP contribution in [0.2, 0.25) is 0 Å². The molecule has 1 aliphatic carbocycles. The zero-order valence-electron chi connectivity index (χ0n) is 11.2. The van der Waals surface area contributed by atoms with Gasteiger partial charge in [0.05, 0.1) is 11.1 Å². The second-order valence-electron chi connectivity index (χ2n) is 5.27. The Labute approximate surface area is 117 Å². The Hall–Kier alpha value is -2.17. The van der Waals surface area contributed by atoms with E-state index in [1.54, 1.807) is 18.2 Å². The summed E-state index contributed by atoms with van der Waals surface area (Å²) >= 11 is 0. The number of rotatable bonds is 5. The van der Waals surface area contributed by atoms with Gasteiger partial charge in [0.1, 0.15) is 12.1 Å². The molecule has 5 nitrogen and oxygen atoms in total. The Morgan fingerprint density at radius 1 is 1.35 bits per heavy atom. The van der Waals surface area contributed by atoms with E-state index in [0.717, 1.165) is 23.7 Å². The van der Waals surface area contributed by atoms with E-state index in [-0.39, 0.29) is 5.56 Å². The third kappa shape index (κ3) is 2.57. The van der Waals surface area contributed by atoms with Gasteiger partial charge in [-0.25, -0.2) is 14.8 Å². The van der Waals surface area contributed by atoms with E-state index in [2.05, 4.69) is 15.3 Å². The molecule has 5 heteroatoms. The van der Waals surface area contributed by atoms with Crippen LogP contribution in [0.25, 0.3) is 10.9 Å². The first-order valence-corrected chi connectivity index (χ1v) is 6.96. The van der Waals surface area contributed by atoms with E-state index < -0.39 is 5.97 Å². The predicted octanol–water partition coefficient (Wildman–Crippen LogP) is 2.93. The van der Waals surface area contributed by atoms with Crippen LogP contribution >= 0.6 is 0 Å². The number of aromatic nitrogens is 2. The number of aromatic carboxylic acids is 1. The molecule has 0 saturated heterocycles. The zero-order chi connectivity index (χ0) is 13.9. The zero-order valence-corrected chi connectivity index (χ0v) is 11.2. The molecule has 1 aromatic carbocycles. The van der Waals surface area contributed by atoms with Crippen molar-refractivity contribution >= 4 is 22.7 Å². The number of hydrogen-bond acceptors (Lipinski definition) is 4.